The van der Waals surface area contributed by atoms with Crippen molar-refractivity contribution in [3.8, 4) is 28.4 Å². The summed E-state index contributed by atoms with van der Waals surface area (Å²) in [5.41, 5.74) is 9.60. The second-order valence-corrected chi connectivity index (χ2v) is 14.0. The third kappa shape index (κ3) is 5.47. The van der Waals surface area contributed by atoms with E-state index in [0.717, 1.165) is 61.6 Å². The first-order valence-electron chi connectivity index (χ1n) is 17.4. The van der Waals surface area contributed by atoms with Crippen LogP contribution in [-0.4, -0.2) is 25.9 Å². The van der Waals surface area contributed by atoms with E-state index >= 15 is 0 Å². The molecule has 0 spiro atoms. The highest BCUT2D eigenvalue weighted by atomic mass is 16.5. The molecule has 9 rings (SSSR count). The summed E-state index contributed by atoms with van der Waals surface area (Å²) in [6, 6.07) is 46.4. The lowest BCUT2D eigenvalue weighted by molar-refractivity contribution is 0.406. The number of fused-ring (bicyclic) bond motifs is 4. The number of imidazole rings is 1. The minimum atomic E-state index is -0.235. The van der Waals surface area contributed by atoms with E-state index in [0.29, 0.717) is 5.88 Å². The molecule has 0 fully saturated rings. The Morgan fingerprint density at radius 3 is 2.29 bits per heavy atom. The van der Waals surface area contributed by atoms with Crippen molar-refractivity contribution in [3.63, 3.8) is 0 Å². The predicted octanol–water partition coefficient (Wildman–Crippen LogP) is 9.30. The van der Waals surface area contributed by atoms with Crippen LogP contribution in [0.5, 0.6) is 5.75 Å². The Hall–Kier alpha value is -6.34. The standard InChI is InChI=1S/C44H36BN5O/c1-44(2,3)31-25-27-46-41(28-31)49-38-20-11-8-17-34(38)35-24-23-32(29-40(35)49)51-42-22-13-26-45(48-42)43-47-36-18-9-12-21-39(36)50(43)37-19-10-7-16-33(37)30-14-5-4-6-15-30/h4-29,48H,1-3H3. The van der Waals surface area contributed by atoms with Gasteiger partial charge in [0, 0.05) is 28.6 Å². The average Bonchev–Trinajstić information content (AvgIpc) is 3.71. The van der Waals surface area contributed by atoms with E-state index in [1.807, 2.05) is 36.5 Å². The Kier molecular flexibility index (Phi) is 7.35. The Bertz CT molecular complexity index is 2640. The van der Waals surface area contributed by atoms with Gasteiger partial charge in [-0.05, 0) is 71.1 Å². The molecule has 51 heavy (non-hydrogen) atoms. The molecule has 0 aliphatic carbocycles. The molecule has 1 N–H and O–H groups in total. The highest BCUT2D eigenvalue weighted by Gasteiger charge is 2.28. The lowest BCUT2D eigenvalue weighted by atomic mass is 9.60. The summed E-state index contributed by atoms with van der Waals surface area (Å²) in [4.78, 5) is 10.0. The molecule has 0 saturated carbocycles. The highest BCUT2D eigenvalue weighted by Crippen LogP contribution is 2.35. The predicted molar refractivity (Wildman–Crippen MR) is 210 cm³/mol. The fourth-order valence-electron chi connectivity index (χ4n) is 7.15. The lowest BCUT2D eigenvalue weighted by Gasteiger charge is -2.21. The van der Waals surface area contributed by atoms with Gasteiger partial charge in [0.1, 0.15) is 17.3 Å². The quantitative estimate of drug-likeness (QED) is 0.181. The van der Waals surface area contributed by atoms with E-state index in [2.05, 4.69) is 156 Å². The summed E-state index contributed by atoms with van der Waals surface area (Å²) >= 11 is 0. The number of ether oxygens (including phenoxy) is 1. The molecule has 0 unspecified atom stereocenters. The number of pyridine rings is 1. The zero-order valence-corrected chi connectivity index (χ0v) is 28.8. The Morgan fingerprint density at radius 1 is 0.686 bits per heavy atom. The summed E-state index contributed by atoms with van der Waals surface area (Å²) in [5.74, 6) is 4.39. The SMILES string of the molecule is CC(C)(C)c1ccnc(-n2c3ccccc3c3ccc(OC4=CC=CB(c5nc6ccccc6n5-c5ccccc5-c5ccccc5)N4)cc32)c1. The first-order valence-corrected chi connectivity index (χ1v) is 17.4. The zero-order chi connectivity index (χ0) is 34.5. The maximum Gasteiger partial charge on any atom is 0.358 e. The van der Waals surface area contributed by atoms with Crippen molar-refractivity contribution in [1.29, 1.82) is 0 Å². The number of benzene rings is 5. The van der Waals surface area contributed by atoms with Crippen LogP contribution < -0.4 is 15.7 Å². The van der Waals surface area contributed by atoms with E-state index in [1.165, 1.54) is 10.9 Å². The zero-order valence-electron chi connectivity index (χ0n) is 28.8. The van der Waals surface area contributed by atoms with Crippen molar-refractivity contribution in [2.75, 3.05) is 0 Å². The third-order valence-electron chi connectivity index (χ3n) is 9.66. The average molecular weight is 662 g/mol. The number of rotatable bonds is 6. The van der Waals surface area contributed by atoms with Crippen LogP contribution in [0.3, 0.4) is 0 Å². The second-order valence-electron chi connectivity index (χ2n) is 14.0. The Labute approximate surface area is 297 Å². The van der Waals surface area contributed by atoms with Crippen LogP contribution in [0.15, 0.2) is 164 Å². The van der Waals surface area contributed by atoms with Gasteiger partial charge in [-0.3, -0.25) is 4.57 Å². The summed E-state index contributed by atoms with van der Waals surface area (Å²) < 4.78 is 11.1. The van der Waals surface area contributed by atoms with Crippen LogP contribution in [0, 0.1) is 0 Å². The highest BCUT2D eigenvalue weighted by molar-refractivity contribution is 6.75. The number of hydrogen-bond donors (Lipinski definition) is 1. The van der Waals surface area contributed by atoms with E-state index in [4.69, 9.17) is 14.7 Å². The van der Waals surface area contributed by atoms with Gasteiger partial charge in [0.2, 0.25) is 0 Å². The van der Waals surface area contributed by atoms with Crippen LogP contribution >= 0.6 is 0 Å². The number of para-hydroxylation sites is 4. The van der Waals surface area contributed by atoms with E-state index in [9.17, 15) is 0 Å². The van der Waals surface area contributed by atoms with Crippen molar-refractivity contribution >= 4 is 45.4 Å². The van der Waals surface area contributed by atoms with Crippen molar-refractivity contribution in [1.82, 2.24) is 24.3 Å². The van der Waals surface area contributed by atoms with Gasteiger partial charge in [-0.25, -0.2) is 9.97 Å². The topological polar surface area (TPSA) is 56.9 Å². The molecule has 3 aromatic heterocycles. The number of allylic oxidation sites excluding steroid dienone is 2. The lowest BCUT2D eigenvalue weighted by Crippen LogP contribution is -2.49. The summed E-state index contributed by atoms with van der Waals surface area (Å²) in [7, 11) is 0. The minimum absolute atomic E-state index is 0.00189. The molecular weight excluding hydrogens is 625 g/mol. The maximum absolute atomic E-state index is 6.62. The van der Waals surface area contributed by atoms with Crippen LogP contribution in [0.4, 0.5) is 0 Å². The molecule has 6 nitrogen and oxygen atoms in total. The minimum Gasteiger partial charge on any atom is -0.443 e. The fourth-order valence-corrected chi connectivity index (χ4v) is 7.15. The number of nitrogens with one attached hydrogen (secondary N) is 1. The molecule has 246 valence electrons. The van der Waals surface area contributed by atoms with Crippen molar-refractivity contribution < 1.29 is 4.74 Å². The molecule has 0 radical (unpaired) electrons. The molecule has 0 atom stereocenters. The number of hydrogen-bond acceptors (Lipinski definition) is 4. The van der Waals surface area contributed by atoms with Crippen molar-refractivity contribution in [2.45, 2.75) is 26.2 Å². The Morgan fingerprint density at radius 2 is 1.43 bits per heavy atom. The first kappa shape index (κ1) is 30.7. The molecule has 5 aromatic carbocycles. The number of aromatic nitrogens is 4. The van der Waals surface area contributed by atoms with E-state index < -0.39 is 0 Å². The van der Waals surface area contributed by atoms with Crippen LogP contribution in [0.1, 0.15) is 26.3 Å². The molecule has 0 saturated heterocycles. The van der Waals surface area contributed by atoms with Crippen molar-refractivity contribution in [3.05, 3.63) is 169 Å². The molecule has 8 aromatic rings. The maximum atomic E-state index is 6.62. The first-order chi connectivity index (χ1) is 24.9. The summed E-state index contributed by atoms with van der Waals surface area (Å²) in [6.45, 7) is 6.45. The third-order valence-corrected chi connectivity index (χ3v) is 9.66. The summed E-state index contributed by atoms with van der Waals surface area (Å²) in [6.07, 6.45) is 5.92. The van der Waals surface area contributed by atoms with E-state index in [-0.39, 0.29) is 12.3 Å². The number of nitrogens with zero attached hydrogens (tertiary/aromatic N) is 4. The van der Waals surface area contributed by atoms with E-state index in [1.54, 1.807) is 0 Å². The Balaban J connectivity index is 1.09. The van der Waals surface area contributed by atoms with Gasteiger partial charge < -0.3 is 14.5 Å². The van der Waals surface area contributed by atoms with Gasteiger partial charge in [0.15, 0.2) is 5.88 Å². The molecule has 1 aliphatic heterocycles. The van der Waals surface area contributed by atoms with Gasteiger partial charge >= 0.3 is 6.85 Å². The van der Waals surface area contributed by atoms with Gasteiger partial charge in [0.05, 0.1) is 27.8 Å². The molecule has 1 aliphatic rings. The molecular formula is C44H36BN5O. The monoisotopic (exact) mass is 661 g/mol. The van der Waals surface area contributed by atoms with Gasteiger partial charge in [-0.1, -0.05) is 112 Å². The van der Waals surface area contributed by atoms with Gasteiger partial charge in [-0.15, -0.1) is 0 Å². The van der Waals surface area contributed by atoms with Crippen molar-refractivity contribution in [2.24, 2.45) is 0 Å². The smallest absolute Gasteiger partial charge is 0.358 e. The van der Waals surface area contributed by atoms with Gasteiger partial charge in [-0.2, -0.15) is 0 Å². The largest absolute Gasteiger partial charge is 0.443 e. The fraction of sp³-hybridized carbons (Fsp3) is 0.0909. The van der Waals surface area contributed by atoms with Crippen LogP contribution in [0.2, 0.25) is 0 Å². The van der Waals surface area contributed by atoms with Gasteiger partial charge in [0.25, 0.3) is 0 Å². The van der Waals surface area contributed by atoms with Crippen LogP contribution in [-0.2, 0) is 5.41 Å². The molecule has 7 heteroatoms. The summed E-state index contributed by atoms with van der Waals surface area (Å²) in [5, 5.41) is 5.97. The molecule has 0 amide bonds. The molecule has 4 heterocycles. The normalized spacial score (nSPS) is 13.2. The second kappa shape index (κ2) is 12.2. The van der Waals surface area contributed by atoms with Crippen LogP contribution in [0.25, 0.3) is 55.5 Å². The molecule has 0 bridgehead atoms.